The number of nitrogens with zero attached hydrogens (tertiary/aromatic N) is 2. The SMILES string of the molecule is O=C(O)C1=C(C=Cc2ccncc2)CC2CNC3C(=O)N1[C@H]23. The van der Waals surface area contributed by atoms with Crippen molar-refractivity contribution in [2.24, 2.45) is 5.92 Å². The second-order valence-corrected chi connectivity index (χ2v) is 5.84. The van der Waals surface area contributed by atoms with Gasteiger partial charge < -0.3 is 10.4 Å². The predicted octanol–water partition coefficient (Wildman–Crippen LogP) is 0.636. The topological polar surface area (TPSA) is 82.5 Å². The number of aliphatic carboxylic acids is 1. The smallest absolute Gasteiger partial charge is 0.352 e. The van der Waals surface area contributed by atoms with E-state index < -0.39 is 5.97 Å². The van der Waals surface area contributed by atoms with Gasteiger partial charge in [0.1, 0.15) is 11.7 Å². The van der Waals surface area contributed by atoms with Crippen molar-refractivity contribution in [2.45, 2.75) is 18.5 Å². The van der Waals surface area contributed by atoms with E-state index in [1.165, 1.54) is 4.90 Å². The van der Waals surface area contributed by atoms with Gasteiger partial charge in [-0.25, -0.2) is 4.79 Å². The summed E-state index contributed by atoms with van der Waals surface area (Å²) in [7, 11) is 0. The Balaban J connectivity index is 1.72. The zero-order chi connectivity index (χ0) is 15.3. The molecule has 0 saturated carbocycles. The number of β-lactam (4-membered cyclic amide) rings is 1. The minimum Gasteiger partial charge on any atom is -0.477 e. The van der Waals surface area contributed by atoms with Gasteiger partial charge >= 0.3 is 5.97 Å². The van der Waals surface area contributed by atoms with Crippen LogP contribution in [0.2, 0.25) is 0 Å². The molecule has 4 rings (SSSR count). The van der Waals surface area contributed by atoms with E-state index in [4.69, 9.17) is 0 Å². The fraction of sp³-hybridized carbons (Fsp3) is 0.312. The molecular formula is C16H15N3O3. The van der Waals surface area contributed by atoms with Crippen LogP contribution in [0.3, 0.4) is 0 Å². The molecule has 2 N–H and O–H groups in total. The summed E-state index contributed by atoms with van der Waals surface area (Å²) >= 11 is 0. The first-order chi connectivity index (χ1) is 10.7. The number of pyridine rings is 1. The normalized spacial score (nSPS) is 29.7. The molecule has 2 fully saturated rings. The monoisotopic (exact) mass is 297 g/mol. The molecule has 3 aliphatic rings. The first kappa shape index (κ1) is 13.2. The molecule has 22 heavy (non-hydrogen) atoms. The summed E-state index contributed by atoms with van der Waals surface area (Å²) in [5.41, 5.74) is 1.80. The fourth-order valence-corrected chi connectivity index (χ4v) is 3.64. The van der Waals surface area contributed by atoms with E-state index in [1.54, 1.807) is 12.4 Å². The number of nitrogens with one attached hydrogen (secondary N) is 1. The van der Waals surface area contributed by atoms with Crippen LogP contribution in [-0.2, 0) is 9.59 Å². The molecular weight excluding hydrogens is 282 g/mol. The van der Waals surface area contributed by atoms with Gasteiger partial charge in [0.15, 0.2) is 0 Å². The molecule has 0 spiro atoms. The highest BCUT2D eigenvalue weighted by Gasteiger charge is 2.59. The zero-order valence-corrected chi connectivity index (χ0v) is 11.8. The third-order valence-electron chi connectivity index (χ3n) is 4.64. The zero-order valence-electron chi connectivity index (χ0n) is 11.8. The van der Waals surface area contributed by atoms with Gasteiger partial charge in [-0.15, -0.1) is 0 Å². The number of rotatable bonds is 3. The Morgan fingerprint density at radius 1 is 1.36 bits per heavy atom. The van der Waals surface area contributed by atoms with Crippen molar-refractivity contribution >= 4 is 18.0 Å². The van der Waals surface area contributed by atoms with Crippen LogP contribution in [0, 0.1) is 5.92 Å². The Morgan fingerprint density at radius 3 is 2.86 bits per heavy atom. The van der Waals surface area contributed by atoms with E-state index in [9.17, 15) is 14.7 Å². The van der Waals surface area contributed by atoms with Gasteiger partial charge in [0.2, 0.25) is 5.91 Å². The first-order valence-corrected chi connectivity index (χ1v) is 7.28. The van der Waals surface area contributed by atoms with Crippen LogP contribution in [0.25, 0.3) is 6.08 Å². The molecule has 1 amide bonds. The number of hydrogen-bond donors (Lipinski definition) is 2. The number of amides is 1. The van der Waals surface area contributed by atoms with Crippen molar-refractivity contribution in [3.8, 4) is 0 Å². The Hall–Kier alpha value is -2.47. The molecule has 3 aliphatic heterocycles. The third kappa shape index (κ3) is 1.80. The average molecular weight is 297 g/mol. The van der Waals surface area contributed by atoms with E-state index in [-0.39, 0.29) is 23.7 Å². The number of aromatic nitrogens is 1. The van der Waals surface area contributed by atoms with Gasteiger partial charge in [0, 0.05) is 18.9 Å². The van der Waals surface area contributed by atoms with Crippen LogP contribution >= 0.6 is 0 Å². The maximum atomic E-state index is 12.1. The van der Waals surface area contributed by atoms with Crippen molar-refractivity contribution < 1.29 is 14.7 Å². The number of carboxylic acid groups (broad SMARTS) is 1. The van der Waals surface area contributed by atoms with Gasteiger partial charge in [-0.1, -0.05) is 12.2 Å². The number of carbonyl (C=O) groups excluding carboxylic acids is 1. The summed E-state index contributed by atoms with van der Waals surface area (Å²) in [5, 5.41) is 12.7. The molecule has 112 valence electrons. The number of allylic oxidation sites excluding steroid dienone is 2. The molecule has 3 atom stereocenters. The molecule has 6 heteroatoms. The lowest BCUT2D eigenvalue weighted by molar-refractivity contribution is -0.153. The summed E-state index contributed by atoms with van der Waals surface area (Å²) in [6.45, 7) is 0.761. The predicted molar refractivity (Wildman–Crippen MR) is 78.5 cm³/mol. The molecule has 0 radical (unpaired) electrons. The fourth-order valence-electron chi connectivity index (χ4n) is 3.64. The Labute approximate surface area is 127 Å². The second-order valence-electron chi connectivity index (χ2n) is 5.84. The molecule has 2 unspecified atom stereocenters. The summed E-state index contributed by atoms with van der Waals surface area (Å²) in [6, 6.07) is 3.53. The highest BCUT2D eigenvalue weighted by atomic mass is 16.4. The Bertz CT molecular complexity index is 711. The van der Waals surface area contributed by atoms with Gasteiger partial charge in [-0.3, -0.25) is 14.7 Å². The lowest BCUT2D eigenvalue weighted by Crippen LogP contribution is -2.68. The van der Waals surface area contributed by atoms with Crippen LogP contribution in [0.1, 0.15) is 12.0 Å². The molecule has 0 bridgehead atoms. The lowest BCUT2D eigenvalue weighted by atomic mass is 9.79. The quantitative estimate of drug-likeness (QED) is 0.800. The molecule has 4 heterocycles. The number of carbonyl (C=O) groups is 2. The third-order valence-corrected chi connectivity index (χ3v) is 4.64. The summed E-state index contributed by atoms with van der Waals surface area (Å²) < 4.78 is 0. The minimum atomic E-state index is -1.04. The summed E-state index contributed by atoms with van der Waals surface area (Å²) in [6.07, 6.45) is 7.74. The number of carboxylic acids is 1. The van der Waals surface area contributed by atoms with E-state index in [1.807, 2.05) is 24.3 Å². The average Bonchev–Trinajstić information content (AvgIpc) is 2.93. The van der Waals surface area contributed by atoms with Gasteiger partial charge in [0.25, 0.3) is 0 Å². The maximum Gasteiger partial charge on any atom is 0.352 e. The standard InChI is InChI=1S/C16H15N3O3/c20-15-12-13-11(8-18-12)7-10(14(16(21)22)19(13)15)2-1-9-3-5-17-6-4-9/h1-6,11-13,18H,7-8H2,(H,21,22)/t11?,12?,13-/m1/s1. The molecule has 6 nitrogen and oxygen atoms in total. The van der Waals surface area contributed by atoms with Gasteiger partial charge in [-0.2, -0.15) is 0 Å². The van der Waals surface area contributed by atoms with Crippen molar-refractivity contribution in [1.29, 1.82) is 0 Å². The molecule has 0 aliphatic carbocycles. The highest BCUT2D eigenvalue weighted by molar-refractivity contribution is 6.01. The maximum absolute atomic E-state index is 12.1. The number of hydrogen-bond acceptors (Lipinski definition) is 4. The van der Waals surface area contributed by atoms with E-state index in [0.29, 0.717) is 17.9 Å². The minimum absolute atomic E-state index is 0.0108. The van der Waals surface area contributed by atoms with Crippen LogP contribution in [0.4, 0.5) is 0 Å². The van der Waals surface area contributed by atoms with Crippen LogP contribution in [-0.4, -0.2) is 45.5 Å². The lowest BCUT2D eigenvalue weighted by Gasteiger charge is -2.48. The molecule has 1 aromatic heterocycles. The largest absolute Gasteiger partial charge is 0.477 e. The highest BCUT2D eigenvalue weighted by Crippen LogP contribution is 2.43. The van der Waals surface area contributed by atoms with E-state index in [0.717, 1.165) is 12.1 Å². The van der Waals surface area contributed by atoms with Crippen LogP contribution < -0.4 is 5.32 Å². The summed E-state index contributed by atoms with van der Waals surface area (Å²) in [5.74, 6) is -0.867. The Morgan fingerprint density at radius 2 is 2.14 bits per heavy atom. The first-order valence-electron chi connectivity index (χ1n) is 7.28. The van der Waals surface area contributed by atoms with Crippen molar-refractivity contribution in [3.05, 3.63) is 47.4 Å². The van der Waals surface area contributed by atoms with Crippen molar-refractivity contribution in [3.63, 3.8) is 0 Å². The Kier molecular flexibility index (Phi) is 2.87. The van der Waals surface area contributed by atoms with E-state index in [2.05, 4.69) is 10.3 Å². The van der Waals surface area contributed by atoms with Gasteiger partial charge in [0.05, 0.1) is 6.04 Å². The summed E-state index contributed by atoms with van der Waals surface area (Å²) in [4.78, 5) is 29.2. The van der Waals surface area contributed by atoms with Crippen molar-refractivity contribution in [1.82, 2.24) is 15.2 Å². The molecule has 0 aromatic carbocycles. The van der Waals surface area contributed by atoms with Gasteiger partial charge in [-0.05, 0) is 35.6 Å². The second kappa shape index (κ2) is 4.78. The molecule has 1 aromatic rings. The molecule has 2 saturated heterocycles. The van der Waals surface area contributed by atoms with E-state index >= 15 is 0 Å². The van der Waals surface area contributed by atoms with Crippen LogP contribution in [0.15, 0.2) is 41.9 Å². The van der Waals surface area contributed by atoms with Crippen LogP contribution in [0.5, 0.6) is 0 Å². The van der Waals surface area contributed by atoms with Crippen molar-refractivity contribution in [2.75, 3.05) is 6.54 Å².